The van der Waals surface area contributed by atoms with Gasteiger partial charge in [0, 0.05) is 13.0 Å². The molecule has 0 aliphatic heterocycles. The van der Waals surface area contributed by atoms with E-state index in [0.717, 1.165) is 0 Å². The molecule has 0 unspecified atom stereocenters. The van der Waals surface area contributed by atoms with E-state index in [2.05, 4.69) is 4.74 Å². The summed E-state index contributed by atoms with van der Waals surface area (Å²) in [6.07, 6.45) is -7.09. The van der Waals surface area contributed by atoms with E-state index < -0.39 is 24.9 Å². The third kappa shape index (κ3) is 5.52. The van der Waals surface area contributed by atoms with Crippen LogP contribution in [0.3, 0.4) is 0 Å². The molecule has 0 aromatic rings. The second-order valence-electron chi connectivity index (χ2n) is 2.83. The molecule has 0 atom stereocenters. The van der Waals surface area contributed by atoms with E-state index in [1.807, 2.05) is 0 Å². The van der Waals surface area contributed by atoms with Gasteiger partial charge in [-0.1, -0.05) is 0 Å². The Bertz CT molecular complexity index is 220. The van der Waals surface area contributed by atoms with Gasteiger partial charge in [-0.25, -0.2) is 0 Å². The minimum Gasteiger partial charge on any atom is -0.380 e. The fourth-order valence-electron chi connectivity index (χ4n) is 0.758. The van der Waals surface area contributed by atoms with Crippen molar-refractivity contribution in [1.29, 1.82) is 5.26 Å². The molecular weight excluding hydrogens is 221 g/mol. The number of hydrogen-bond acceptors (Lipinski definition) is 2. The Morgan fingerprint density at radius 3 is 2.13 bits per heavy atom. The molecule has 0 bridgehead atoms. The molecule has 0 spiro atoms. The number of halogens is 5. The quantitative estimate of drug-likeness (QED) is 0.520. The summed E-state index contributed by atoms with van der Waals surface area (Å²) in [6, 6.07) is 1.75. The van der Waals surface area contributed by atoms with Crippen molar-refractivity contribution in [3.05, 3.63) is 0 Å². The molecule has 0 heterocycles. The molecule has 88 valence electrons. The highest BCUT2D eigenvalue weighted by Gasteiger charge is 2.56. The molecule has 15 heavy (non-hydrogen) atoms. The Kier molecular flexibility index (Phi) is 5.50. The van der Waals surface area contributed by atoms with Gasteiger partial charge in [-0.05, 0) is 6.42 Å². The SMILES string of the molecule is N#CCCOCCCC(F)(F)C(F)(F)F. The van der Waals surface area contributed by atoms with E-state index in [1.54, 1.807) is 6.07 Å². The summed E-state index contributed by atoms with van der Waals surface area (Å²) in [7, 11) is 0. The number of ether oxygens (including phenoxy) is 1. The van der Waals surface area contributed by atoms with Crippen LogP contribution < -0.4 is 0 Å². The van der Waals surface area contributed by atoms with E-state index in [1.165, 1.54) is 0 Å². The van der Waals surface area contributed by atoms with Crippen molar-refractivity contribution < 1.29 is 26.7 Å². The Labute approximate surface area is 83.6 Å². The maximum Gasteiger partial charge on any atom is 0.453 e. The zero-order valence-corrected chi connectivity index (χ0v) is 7.78. The highest BCUT2D eigenvalue weighted by Crippen LogP contribution is 2.38. The lowest BCUT2D eigenvalue weighted by Crippen LogP contribution is -2.36. The van der Waals surface area contributed by atoms with Crippen molar-refractivity contribution in [3.8, 4) is 6.07 Å². The summed E-state index contributed by atoms with van der Waals surface area (Å²) >= 11 is 0. The first-order chi connectivity index (χ1) is 6.81. The topological polar surface area (TPSA) is 33.0 Å². The molecule has 0 aliphatic carbocycles. The minimum absolute atomic E-state index is 0.0497. The first kappa shape index (κ1) is 14.1. The van der Waals surface area contributed by atoms with Gasteiger partial charge in [-0.3, -0.25) is 0 Å². The normalized spacial score (nSPS) is 12.5. The van der Waals surface area contributed by atoms with Crippen LogP contribution in [0.25, 0.3) is 0 Å². The maximum absolute atomic E-state index is 12.3. The monoisotopic (exact) mass is 231 g/mol. The van der Waals surface area contributed by atoms with Gasteiger partial charge in [0.05, 0.1) is 19.1 Å². The second kappa shape index (κ2) is 5.85. The Morgan fingerprint density at radius 2 is 1.67 bits per heavy atom. The van der Waals surface area contributed by atoms with E-state index in [-0.39, 0.29) is 19.6 Å². The van der Waals surface area contributed by atoms with Crippen LogP contribution in [-0.2, 0) is 4.74 Å². The first-order valence-electron chi connectivity index (χ1n) is 4.20. The van der Waals surface area contributed by atoms with Crippen molar-refractivity contribution in [1.82, 2.24) is 0 Å². The number of nitrogens with zero attached hydrogens (tertiary/aromatic N) is 1. The standard InChI is InChI=1S/C8H10F5NO/c9-7(10,8(11,12)13)3-1-5-15-6-2-4-14/h1-3,5-6H2. The lowest BCUT2D eigenvalue weighted by atomic mass is 10.2. The third-order valence-electron chi connectivity index (χ3n) is 1.55. The van der Waals surface area contributed by atoms with Crippen LogP contribution in [0.5, 0.6) is 0 Å². The number of rotatable bonds is 6. The third-order valence-corrected chi connectivity index (χ3v) is 1.55. The summed E-state index contributed by atoms with van der Waals surface area (Å²) in [6.45, 7) is -0.151. The molecule has 0 aliphatic rings. The average molecular weight is 231 g/mol. The fraction of sp³-hybridized carbons (Fsp3) is 0.875. The first-order valence-corrected chi connectivity index (χ1v) is 4.20. The van der Waals surface area contributed by atoms with Crippen molar-refractivity contribution in [2.75, 3.05) is 13.2 Å². The predicted octanol–water partition coefficient (Wildman–Crippen LogP) is 2.89. The molecular formula is C8H10F5NO. The van der Waals surface area contributed by atoms with Crippen molar-refractivity contribution in [2.45, 2.75) is 31.4 Å². The van der Waals surface area contributed by atoms with E-state index >= 15 is 0 Å². The van der Waals surface area contributed by atoms with Crippen LogP contribution in [0.2, 0.25) is 0 Å². The lowest BCUT2D eigenvalue weighted by Gasteiger charge is -2.19. The minimum atomic E-state index is -5.50. The summed E-state index contributed by atoms with van der Waals surface area (Å²) in [5, 5.41) is 8.06. The maximum atomic E-state index is 12.3. The van der Waals surface area contributed by atoms with Gasteiger partial charge >= 0.3 is 12.1 Å². The molecule has 0 aromatic heterocycles. The van der Waals surface area contributed by atoms with Crippen LogP contribution in [0.15, 0.2) is 0 Å². The zero-order valence-electron chi connectivity index (χ0n) is 7.78. The summed E-state index contributed by atoms with van der Waals surface area (Å²) in [4.78, 5) is 0. The van der Waals surface area contributed by atoms with Crippen LogP contribution >= 0.6 is 0 Å². The molecule has 2 nitrogen and oxygen atoms in total. The van der Waals surface area contributed by atoms with Crippen LogP contribution in [-0.4, -0.2) is 25.3 Å². The van der Waals surface area contributed by atoms with Gasteiger partial charge in [0.25, 0.3) is 0 Å². The van der Waals surface area contributed by atoms with E-state index in [0.29, 0.717) is 0 Å². The smallest absolute Gasteiger partial charge is 0.380 e. The summed E-state index contributed by atoms with van der Waals surface area (Å²) < 4.78 is 64.1. The molecule has 0 amide bonds. The molecule has 0 saturated heterocycles. The van der Waals surface area contributed by atoms with E-state index in [4.69, 9.17) is 5.26 Å². The molecule has 0 saturated carbocycles. The van der Waals surface area contributed by atoms with Crippen LogP contribution in [0, 0.1) is 11.3 Å². The number of hydrogen-bond donors (Lipinski definition) is 0. The predicted molar refractivity (Wildman–Crippen MR) is 41.3 cm³/mol. The fourth-order valence-corrected chi connectivity index (χ4v) is 0.758. The Morgan fingerprint density at radius 1 is 1.07 bits per heavy atom. The van der Waals surface area contributed by atoms with Gasteiger partial charge < -0.3 is 4.74 Å². The highest BCUT2D eigenvalue weighted by molar-refractivity contribution is 4.75. The molecule has 0 rings (SSSR count). The number of alkyl halides is 5. The average Bonchev–Trinajstić information content (AvgIpc) is 2.09. The molecule has 0 aromatic carbocycles. The molecule has 7 heteroatoms. The Balaban J connectivity index is 3.64. The van der Waals surface area contributed by atoms with Crippen molar-refractivity contribution in [2.24, 2.45) is 0 Å². The van der Waals surface area contributed by atoms with Gasteiger partial charge in [-0.2, -0.15) is 27.2 Å². The molecule has 0 fully saturated rings. The summed E-state index contributed by atoms with van der Waals surface area (Å²) in [5.41, 5.74) is 0. The molecule has 0 N–H and O–H groups in total. The van der Waals surface area contributed by atoms with Crippen LogP contribution in [0.1, 0.15) is 19.3 Å². The largest absolute Gasteiger partial charge is 0.453 e. The second-order valence-corrected chi connectivity index (χ2v) is 2.83. The van der Waals surface area contributed by atoms with Crippen molar-refractivity contribution >= 4 is 0 Å². The van der Waals surface area contributed by atoms with Gasteiger partial charge in [0.15, 0.2) is 0 Å². The van der Waals surface area contributed by atoms with E-state index in [9.17, 15) is 22.0 Å². The van der Waals surface area contributed by atoms with Crippen LogP contribution in [0.4, 0.5) is 22.0 Å². The summed E-state index contributed by atoms with van der Waals surface area (Å²) in [5.74, 6) is -4.66. The number of nitriles is 1. The lowest BCUT2D eigenvalue weighted by molar-refractivity contribution is -0.285. The van der Waals surface area contributed by atoms with Gasteiger partial charge in [0.2, 0.25) is 0 Å². The van der Waals surface area contributed by atoms with Gasteiger partial charge in [0.1, 0.15) is 0 Å². The Hall–Kier alpha value is -0.900. The van der Waals surface area contributed by atoms with Gasteiger partial charge in [-0.15, -0.1) is 0 Å². The molecule has 0 radical (unpaired) electrons. The zero-order chi connectivity index (χ0) is 11.9. The van der Waals surface area contributed by atoms with Crippen molar-refractivity contribution in [3.63, 3.8) is 0 Å². The highest BCUT2D eigenvalue weighted by atomic mass is 19.4.